The van der Waals surface area contributed by atoms with E-state index in [1.165, 1.54) is 0 Å². The minimum Gasteiger partial charge on any atom is -0.493 e. The average Bonchev–Trinajstić information content (AvgIpc) is 2.43. The molecule has 3 N–H and O–H groups in total. The van der Waals surface area contributed by atoms with Crippen LogP contribution in [0.25, 0.3) is 0 Å². The molecule has 0 saturated carbocycles. The molecule has 0 fully saturated rings. The van der Waals surface area contributed by atoms with Gasteiger partial charge in [-0.15, -0.1) is 0 Å². The minimum atomic E-state index is -0.227. The van der Waals surface area contributed by atoms with Crippen LogP contribution in [0.2, 0.25) is 0 Å². The maximum Gasteiger partial charge on any atom is 0.257 e. The van der Waals surface area contributed by atoms with Gasteiger partial charge in [-0.25, -0.2) is 0 Å². The lowest BCUT2D eigenvalue weighted by atomic mass is 10.0. The van der Waals surface area contributed by atoms with Crippen molar-refractivity contribution < 1.29 is 14.3 Å². The lowest BCUT2D eigenvalue weighted by Crippen LogP contribution is -2.42. The molecule has 1 aromatic rings. The van der Waals surface area contributed by atoms with Gasteiger partial charge in [0.15, 0.2) is 0 Å². The quantitative estimate of drug-likeness (QED) is 0.722. The Kier molecular flexibility index (Phi) is 7.02. The molecular weight excluding hydrogens is 268 g/mol. The Morgan fingerprint density at radius 1 is 1.29 bits per heavy atom. The summed E-state index contributed by atoms with van der Waals surface area (Å²) in [4.78, 5) is 12.5. The van der Waals surface area contributed by atoms with E-state index in [0.717, 1.165) is 0 Å². The Labute approximate surface area is 126 Å². The number of nitrogen functional groups attached to an aromatic ring is 1. The normalized spacial score (nSPS) is 12.2. The van der Waals surface area contributed by atoms with Crippen LogP contribution < -0.4 is 15.8 Å². The Hall–Kier alpha value is -1.75. The topological polar surface area (TPSA) is 73.6 Å². The van der Waals surface area contributed by atoms with Gasteiger partial charge in [0, 0.05) is 12.3 Å². The number of benzene rings is 1. The zero-order valence-electron chi connectivity index (χ0n) is 13.3. The highest BCUT2D eigenvalue weighted by Crippen LogP contribution is 2.24. The second-order valence-corrected chi connectivity index (χ2v) is 5.14. The molecular formula is C16H26N2O3. The third kappa shape index (κ3) is 4.93. The van der Waals surface area contributed by atoms with Crippen LogP contribution in [0.4, 0.5) is 5.69 Å². The smallest absolute Gasteiger partial charge is 0.257 e. The number of hydrogen-bond donors (Lipinski definition) is 2. The summed E-state index contributed by atoms with van der Waals surface area (Å²) in [5.41, 5.74) is 6.74. The summed E-state index contributed by atoms with van der Waals surface area (Å²) >= 11 is 0. The molecule has 0 aliphatic carbocycles. The number of carbonyl (C=O) groups excluding carboxylic acids is 1. The maximum absolute atomic E-state index is 12.5. The number of nitrogens with two attached hydrogens (primary N) is 1. The van der Waals surface area contributed by atoms with E-state index in [2.05, 4.69) is 5.32 Å². The van der Waals surface area contributed by atoms with Crippen molar-refractivity contribution in [2.45, 2.75) is 33.7 Å². The van der Waals surface area contributed by atoms with Gasteiger partial charge in [0.25, 0.3) is 5.91 Å². The van der Waals surface area contributed by atoms with Crippen LogP contribution in [0, 0.1) is 5.92 Å². The molecule has 5 heteroatoms. The van der Waals surface area contributed by atoms with E-state index in [1.807, 2.05) is 27.7 Å². The summed E-state index contributed by atoms with van der Waals surface area (Å²) in [5, 5.41) is 2.98. The molecule has 0 heterocycles. The van der Waals surface area contributed by atoms with Gasteiger partial charge in [0.2, 0.25) is 0 Å². The summed E-state index contributed by atoms with van der Waals surface area (Å²) in [6.07, 6.45) is 0. The van der Waals surface area contributed by atoms with Gasteiger partial charge in [-0.3, -0.25) is 4.79 Å². The highest BCUT2D eigenvalue weighted by Gasteiger charge is 2.21. The molecule has 1 unspecified atom stereocenters. The Bertz CT molecular complexity index is 461. The summed E-state index contributed by atoms with van der Waals surface area (Å²) in [7, 11) is 0. The van der Waals surface area contributed by atoms with Crippen LogP contribution in [0.1, 0.15) is 38.1 Å². The molecule has 0 bridgehead atoms. The van der Waals surface area contributed by atoms with Crippen molar-refractivity contribution in [1.29, 1.82) is 0 Å². The van der Waals surface area contributed by atoms with Gasteiger partial charge in [-0.2, -0.15) is 0 Å². The van der Waals surface area contributed by atoms with Crippen molar-refractivity contribution in [2.24, 2.45) is 5.92 Å². The van der Waals surface area contributed by atoms with E-state index in [9.17, 15) is 4.79 Å². The van der Waals surface area contributed by atoms with Gasteiger partial charge in [-0.05, 0) is 31.9 Å². The van der Waals surface area contributed by atoms with E-state index >= 15 is 0 Å². The highest BCUT2D eigenvalue weighted by molar-refractivity contribution is 6.02. The number of amides is 1. The maximum atomic E-state index is 12.5. The second-order valence-electron chi connectivity index (χ2n) is 5.14. The van der Waals surface area contributed by atoms with Gasteiger partial charge in [-0.1, -0.05) is 19.9 Å². The monoisotopic (exact) mass is 294 g/mol. The lowest BCUT2D eigenvalue weighted by molar-refractivity contribution is 0.0804. The fourth-order valence-corrected chi connectivity index (χ4v) is 1.95. The third-order valence-electron chi connectivity index (χ3n) is 3.21. The molecule has 0 spiro atoms. The van der Waals surface area contributed by atoms with Gasteiger partial charge in [0.1, 0.15) is 11.3 Å². The molecule has 1 rings (SSSR count). The number of ether oxygens (including phenoxy) is 2. The molecule has 0 aromatic heterocycles. The molecule has 5 nitrogen and oxygen atoms in total. The van der Waals surface area contributed by atoms with E-state index in [1.54, 1.807) is 18.2 Å². The minimum absolute atomic E-state index is 0.0634. The average molecular weight is 294 g/mol. The molecule has 1 atom stereocenters. The summed E-state index contributed by atoms with van der Waals surface area (Å²) in [6.45, 7) is 9.48. The van der Waals surface area contributed by atoms with E-state index in [-0.39, 0.29) is 17.9 Å². The molecule has 0 aliphatic heterocycles. The molecule has 0 aliphatic rings. The Morgan fingerprint density at radius 3 is 2.57 bits per heavy atom. The van der Waals surface area contributed by atoms with E-state index in [0.29, 0.717) is 36.8 Å². The SMILES string of the molecule is CCOCC(NC(=O)c1c(N)cccc1OCC)C(C)C. The van der Waals surface area contributed by atoms with Crippen LogP contribution in [0.5, 0.6) is 5.75 Å². The van der Waals surface area contributed by atoms with Crippen LogP contribution in [-0.4, -0.2) is 31.8 Å². The molecule has 0 radical (unpaired) electrons. The van der Waals surface area contributed by atoms with E-state index in [4.69, 9.17) is 15.2 Å². The Morgan fingerprint density at radius 2 is 2.00 bits per heavy atom. The van der Waals surface area contributed by atoms with Gasteiger partial charge in [0.05, 0.1) is 19.3 Å². The molecule has 1 amide bonds. The molecule has 118 valence electrons. The van der Waals surface area contributed by atoms with Gasteiger partial charge >= 0.3 is 0 Å². The fraction of sp³-hybridized carbons (Fsp3) is 0.562. The predicted octanol–water partition coefficient (Wildman–Crippen LogP) is 2.46. The first-order valence-electron chi connectivity index (χ1n) is 7.41. The van der Waals surface area contributed by atoms with Crippen molar-refractivity contribution >= 4 is 11.6 Å². The van der Waals surface area contributed by atoms with Crippen molar-refractivity contribution in [3.63, 3.8) is 0 Å². The van der Waals surface area contributed by atoms with Crippen molar-refractivity contribution in [1.82, 2.24) is 5.32 Å². The summed E-state index contributed by atoms with van der Waals surface area (Å²) in [5.74, 6) is 0.546. The number of rotatable bonds is 8. The number of carbonyl (C=O) groups is 1. The van der Waals surface area contributed by atoms with E-state index < -0.39 is 0 Å². The first-order chi connectivity index (χ1) is 10.0. The van der Waals surface area contributed by atoms with Crippen LogP contribution in [-0.2, 0) is 4.74 Å². The largest absolute Gasteiger partial charge is 0.493 e. The predicted molar refractivity (Wildman–Crippen MR) is 84.6 cm³/mol. The molecule has 0 saturated heterocycles. The lowest BCUT2D eigenvalue weighted by Gasteiger charge is -2.23. The molecule has 21 heavy (non-hydrogen) atoms. The van der Waals surface area contributed by atoms with Crippen LogP contribution in [0.15, 0.2) is 18.2 Å². The first-order valence-corrected chi connectivity index (χ1v) is 7.41. The summed E-state index contributed by atoms with van der Waals surface area (Å²) in [6, 6.07) is 5.16. The number of anilines is 1. The first kappa shape index (κ1) is 17.3. The summed E-state index contributed by atoms with van der Waals surface area (Å²) < 4.78 is 10.9. The fourth-order valence-electron chi connectivity index (χ4n) is 1.95. The van der Waals surface area contributed by atoms with Gasteiger partial charge < -0.3 is 20.5 Å². The number of hydrogen-bond acceptors (Lipinski definition) is 4. The zero-order chi connectivity index (χ0) is 15.8. The highest BCUT2D eigenvalue weighted by atomic mass is 16.5. The van der Waals surface area contributed by atoms with Crippen molar-refractivity contribution in [2.75, 3.05) is 25.6 Å². The van der Waals surface area contributed by atoms with Crippen molar-refractivity contribution in [3.8, 4) is 5.75 Å². The van der Waals surface area contributed by atoms with Crippen molar-refractivity contribution in [3.05, 3.63) is 23.8 Å². The Balaban J connectivity index is 2.91. The second kappa shape index (κ2) is 8.52. The number of nitrogens with one attached hydrogen (secondary N) is 1. The van der Waals surface area contributed by atoms with Crippen LogP contribution >= 0.6 is 0 Å². The zero-order valence-corrected chi connectivity index (χ0v) is 13.3. The molecule has 1 aromatic carbocycles. The van der Waals surface area contributed by atoms with Crippen LogP contribution in [0.3, 0.4) is 0 Å². The standard InChI is InChI=1S/C16H26N2O3/c1-5-20-10-13(11(3)4)18-16(19)15-12(17)8-7-9-14(15)21-6-2/h7-9,11,13H,5-6,10,17H2,1-4H3,(H,18,19). The third-order valence-corrected chi connectivity index (χ3v) is 3.21.